The Balaban J connectivity index is 1.86. The monoisotopic (exact) mass is 336 g/mol. The van der Waals surface area contributed by atoms with Gasteiger partial charge in [0.1, 0.15) is 0 Å². The second-order valence-electron chi connectivity index (χ2n) is 5.79. The highest BCUT2D eigenvalue weighted by molar-refractivity contribution is 7.89. The van der Waals surface area contributed by atoms with Crippen LogP contribution in [0.2, 0.25) is 0 Å². The SMILES string of the molecule is Cc1ccc(S(=O)(=O)N(CCc2nccs2)C2CC2)c(C)c1. The molecule has 0 atom stereocenters. The Morgan fingerprint density at radius 1 is 1.32 bits per heavy atom. The van der Waals surface area contributed by atoms with Crippen molar-refractivity contribution < 1.29 is 8.42 Å². The Bertz CT molecular complexity index is 750. The number of sulfonamides is 1. The summed E-state index contributed by atoms with van der Waals surface area (Å²) in [6.45, 7) is 4.35. The van der Waals surface area contributed by atoms with E-state index in [1.54, 1.807) is 27.9 Å². The van der Waals surface area contributed by atoms with Crippen molar-refractivity contribution in [1.82, 2.24) is 9.29 Å². The molecule has 0 unspecified atom stereocenters. The first-order valence-corrected chi connectivity index (χ1v) is 9.78. The summed E-state index contributed by atoms with van der Waals surface area (Å²) in [6, 6.07) is 5.69. The Morgan fingerprint density at radius 3 is 2.68 bits per heavy atom. The zero-order chi connectivity index (χ0) is 15.7. The van der Waals surface area contributed by atoms with E-state index in [4.69, 9.17) is 0 Å². The summed E-state index contributed by atoms with van der Waals surface area (Å²) in [5.41, 5.74) is 1.90. The van der Waals surface area contributed by atoms with Gasteiger partial charge in [0.15, 0.2) is 0 Å². The standard InChI is InChI=1S/C16H20N2O2S2/c1-12-3-6-15(13(2)11-12)22(19,20)18(14-4-5-14)9-7-16-17-8-10-21-16/h3,6,8,10-11,14H,4-5,7,9H2,1-2H3. The predicted octanol–water partition coefficient (Wildman–Crippen LogP) is 3.16. The molecule has 2 aromatic rings. The summed E-state index contributed by atoms with van der Waals surface area (Å²) in [5.74, 6) is 0. The molecule has 118 valence electrons. The van der Waals surface area contributed by atoms with Crippen molar-refractivity contribution in [3.05, 3.63) is 45.9 Å². The maximum atomic E-state index is 13.0. The molecule has 1 fully saturated rings. The van der Waals surface area contributed by atoms with Crippen molar-refractivity contribution in [1.29, 1.82) is 0 Å². The third kappa shape index (κ3) is 3.24. The second-order valence-corrected chi connectivity index (χ2v) is 8.63. The number of thiazole rings is 1. The zero-order valence-corrected chi connectivity index (χ0v) is 14.5. The van der Waals surface area contributed by atoms with Crippen molar-refractivity contribution >= 4 is 21.4 Å². The lowest BCUT2D eigenvalue weighted by molar-refractivity contribution is 0.406. The second kappa shape index (κ2) is 6.10. The van der Waals surface area contributed by atoms with E-state index in [0.717, 1.165) is 29.0 Å². The molecule has 1 aromatic carbocycles. The van der Waals surface area contributed by atoms with Gasteiger partial charge in [-0.1, -0.05) is 17.7 Å². The maximum Gasteiger partial charge on any atom is 0.243 e. The van der Waals surface area contributed by atoms with Gasteiger partial charge in [-0.15, -0.1) is 11.3 Å². The van der Waals surface area contributed by atoms with Crippen LogP contribution in [0.1, 0.15) is 29.0 Å². The van der Waals surface area contributed by atoms with Crippen molar-refractivity contribution in [3.63, 3.8) is 0 Å². The average Bonchev–Trinajstić information content (AvgIpc) is 3.13. The van der Waals surface area contributed by atoms with Gasteiger partial charge in [0, 0.05) is 30.6 Å². The van der Waals surface area contributed by atoms with Crippen molar-refractivity contribution in [2.45, 2.75) is 44.0 Å². The van der Waals surface area contributed by atoms with Crippen LogP contribution in [-0.2, 0) is 16.4 Å². The molecule has 0 saturated heterocycles. The molecular weight excluding hydrogens is 316 g/mol. The molecule has 0 amide bonds. The minimum atomic E-state index is -3.43. The molecule has 0 bridgehead atoms. The quantitative estimate of drug-likeness (QED) is 0.814. The number of hydrogen-bond donors (Lipinski definition) is 0. The van der Waals surface area contributed by atoms with E-state index in [1.165, 1.54) is 0 Å². The van der Waals surface area contributed by atoms with E-state index in [9.17, 15) is 8.42 Å². The molecule has 1 saturated carbocycles. The molecule has 6 heteroatoms. The minimum absolute atomic E-state index is 0.158. The van der Waals surface area contributed by atoms with E-state index in [2.05, 4.69) is 4.98 Å². The summed E-state index contributed by atoms with van der Waals surface area (Å²) < 4.78 is 27.7. The molecule has 0 aliphatic heterocycles. The molecule has 4 nitrogen and oxygen atoms in total. The summed E-state index contributed by atoms with van der Waals surface area (Å²) in [4.78, 5) is 4.68. The first kappa shape index (κ1) is 15.6. The lowest BCUT2D eigenvalue weighted by Gasteiger charge is -2.22. The van der Waals surface area contributed by atoms with Gasteiger partial charge in [0.25, 0.3) is 0 Å². The minimum Gasteiger partial charge on any atom is -0.250 e. The first-order valence-electron chi connectivity index (χ1n) is 7.46. The van der Waals surface area contributed by atoms with Gasteiger partial charge in [0.05, 0.1) is 9.90 Å². The number of benzene rings is 1. The van der Waals surface area contributed by atoms with Crippen molar-refractivity contribution in [2.24, 2.45) is 0 Å². The van der Waals surface area contributed by atoms with Crippen LogP contribution in [0.5, 0.6) is 0 Å². The molecule has 0 radical (unpaired) electrons. The highest BCUT2D eigenvalue weighted by Gasteiger charge is 2.38. The maximum absolute atomic E-state index is 13.0. The fraction of sp³-hybridized carbons (Fsp3) is 0.438. The molecule has 1 heterocycles. The van der Waals surface area contributed by atoms with E-state index < -0.39 is 10.0 Å². The van der Waals surface area contributed by atoms with E-state index >= 15 is 0 Å². The van der Waals surface area contributed by atoms with Crippen LogP contribution in [-0.4, -0.2) is 30.3 Å². The van der Waals surface area contributed by atoms with Gasteiger partial charge in [-0.05, 0) is 38.3 Å². The smallest absolute Gasteiger partial charge is 0.243 e. The number of aromatic nitrogens is 1. The van der Waals surface area contributed by atoms with Gasteiger partial charge in [-0.3, -0.25) is 0 Å². The average molecular weight is 336 g/mol. The molecule has 0 N–H and O–H groups in total. The summed E-state index contributed by atoms with van der Waals surface area (Å²) in [6.07, 6.45) is 4.36. The molecule has 1 aliphatic rings. The third-order valence-electron chi connectivity index (χ3n) is 3.90. The normalized spacial score (nSPS) is 15.4. The Hall–Kier alpha value is -1.24. The number of hydrogen-bond acceptors (Lipinski definition) is 4. The summed E-state index contributed by atoms with van der Waals surface area (Å²) >= 11 is 1.58. The van der Waals surface area contributed by atoms with Gasteiger partial charge in [0.2, 0.25) is 10.0 Å². The van der Waals surface area contributed by atoms with E-state index in [1.807, 2.05) is 31.4 Å². The molecule has 0 spiro atoms. The lowest BCUT2D eigenvalue weighted by Crippen LogP contribution is -2.35. The van der Waals surface area contributed by atoms with Gasteiger partial charge >= 0.3 is 0 Å². The fourth-order valence-corrected chi connectivity index (χ4v) is 5.16. The third-order valence-corrected chi connectivity index (χ3v) is 6.85. The molecule has 1 aromatic heterocycles. The number of nitrogens with zero attached hydrogens (tertiary/aromatic N) is 2. The lowest BCUT2D eigenvalue weighted by atomic mass is 10.2. The Morgan fingerprint density at radius 2 is 2.09 bits per heavy atom. The van der Waals surface area contributed by atoms with Crippen LogP contribution < -0.4 is 0 Å². The van der Waals surface area contributed by atoms with Crippen LogP contribution in [0.3, 0.4) is 0 Å². The Labute approximate surface area is 135 Å². The van der Waals surface area contributed by atoms with Gasteiger partial charge in [-0.25, -0.2) is 13.4 Å². The predicted molar refractivity (Wildman–Crippen MR) is 88.6 cm³/mol. The van der Waals surface area contributed by atoms with E-state index in [-0.39, 0.29) is 6.04 Å². The summed E-state index contributed by atoms with van der Waals surface area (Å²) in [7, 11) is -3.43. The summed E-state index contributed by atoms with van der Waals surface area (Å²) in [5, 5.41) is 2.91. The van der Waals surface area contributed by atoms with Crippen LogP contribution in [0, 0.1) is 13.8 Å². The topological polar surface area (TPSA) is 50.3 Å². The molecule has 1 aliphatic carbocycles. The largest absolute Gasteiger partial charge is 0.250 e. The van der Waals surface area contributed by atoms with Crippen LogP contribution in [0.25, 0.3) is 0 Å². The van der Waals surface area contributed by atoms with Gasteiger partial charge in [-0.2, -0.15) is 4.31 Å². The van der Waals surface area contributed by atoms with Crippen molar-refractivity contribution in [2.75, 3.05) is 6.54 Å². The molecule has 3 rings (SSSR count). The molecule has 22 heavy (non-hydrogen) atoms. The van der Waals surface area contributed by atoms with Crippen LogP contribution in [0.4, 0.5) is 0 Å². The van der Waals surface area contributed by atoms with Crippen LogP contribution in [0.15, 0.2) is 34.7 Å². The zero-order valence-electron chi connectivity index (χ0n) is 12.8. The van der Waals surface area contributed by atoms with Crippen LogP contribution >= 0.6 is 11.3 Å². The van der Waals surface area contributed by atoms with Gasteiger partial charge < -0.3 is 0 Å². The highest BCUT2D eigenvalue weighted by atomic mass is 32.2. The van der Waals surface area contributed by atoms with Crippen molar-refractivity contribution in [3.8, 4) is 0 Å². The Kier molecular flexibility index (Phi) is 4.34. The van der Waals surface area contributed by atoms with E-state index in [0.29, 0.717) is 17.9 Å². The molecular formula is C16H20N2O2S2. The number of aryl methyl sites for hydroxylation is 2. The first-order chi connectivity index (χ1) is 10.5. The fourth-order valence-electron chi connectivity index (χ4n) is 2.66. The highest BCUT2D eigenvalue weighted by Crippen LogP contribution is 2.33. The number of rotatable bonds is 6.